The lowest BCUT2D eigenvalue weighted by atomic mass is 10.2. The Bertz CT molecular complexity index is 618. The van der Waals surface area contributed by atoms with Gasteiger partial charge in [-0.2, -0.15) is 0 Å². The number of hydrazine groups is 1. The highest BCUT2D eigenvalue weighted by molar-refractivity contribution is 7.80. The van der Waals surface area contributed by atoms with E-state index in [2.05, 4.69) is 20.9 Å². The normalized spacial score (nSPS) is 9.87. The Morgan fingerprint density at radius 2 is 1.78 bits per heavy atom. The van der Waals surface area contributed by atoms with Gasteiger partial charge in [-0.3, -0.25) is 15.5 Å². The fourth-order valence-corrected chi connectivity index (χ4v) is 1.62. The number of amides is 2. The number of methoxy groups -OCH3 is 3. The van der Waals surface area contributed by atoms with Gasteiger partial charge < -0.3 is 14.2 Å². The number of hydrogen-bond acceptors (Lipinski definition) is 6. The second-order valence-electron chi connectivity index (χ2n) is 4.01. The maximum absolute atomic E-state index is 11.7. The molecule has 8 nitrogen and oxygen atoms in total. The predicted molar refractivity (Wildman–Crippen MR) is 88.0 cm³/mol. The predicted octanol–water partition coefficient (Wildman–Crippen LogP) is 0.979. The monoisotopic (exact) mass is 339 g/mol. The van der Waals surface area contributed by atoms with Crippen molar-refractivity contribution in [2.45, 2.75) is 0 Å². The molecule has 23 heavy (non-hydrogen) atoms. The Kier molecular flexibility index (Phi) is 7.34. The van der Waals surface area contributed by atoms with Gasteiger partial charge in [-0.15, -0.1) is 0 Å². The first kappa shape index (κ1) is 18.2. The van der Waals surface area contributed by atoms with E-state index < -0.39 is 12.0 Å². The maximum Gasteiger partial charge on any atom is 0.425 e. The summed E-state index contributed by atoms with van der Waals surface area (Å²) >= 11 is 4.82. The largest absolute Gasteiger partial charge is 0.493 e. The average Bonchev–Trinajstić information content (AvgIpc) is 2.57. The molecule has 0 atom stereocenters. The highest BCUT2D eigenvalue weighted by atomic mass is 32.1. The lowest BCUT2D eigenvalue weighted by Crippen LogP contribution is -2.48. The molecular weight excluding hydrogens is 322 g/mol. The summed E-state index contributed by atoms with van der Waals surface area (Å²) in [5, 5.41) is 2.28. The molecule has 3 N–H and O–H groups in total. The van der Waals surface area contributed by atoms with Crippen LogP contribution in [-0.4, -0.2) is 38.4 Å². The van der Waals surface area contributed by atoms with E-state index in [0.29, 0.717) is 11.5 Å². The van der Waals surface area contributed by atoms with Crippen molar-refractivity contribution in [1.29, 1.82) is 0 Å². The van der Waals surface area contributed by atoms with Crippen LogP contribution >= 0.6 is 12.2 Å². The van der Waals surface area contributed by atoms with Crippen LogP contribution in [0.4, 0.5) is 4.79 Å². The molecule has 0 aromatic heterocycles. The van der Waals surface area contributed by atoms with Crippen LogP contribution < -0.4 is 25.6 Å². The molecule has 0 radical (unpaired) electrons. The van der Waals surface area contributed by atoms with Crippen molar-refractivity contribution >= 4 is 35.4 Å². The van der Waals surface area contributed by atoms with Crippen molar-refractivity contribution in [3.8, 4) is 11.5 Å². The standard InChI is InChI=1S/C14H17N3O5S/c1-20-10-6-4-9(8-11(10)21-2)5-7-12(18)15-13(23)16-17-14(19)22-3/h4-8H,1-3H3,(H,17,19)(H2,15,16,18,23). The number of carbonyl (C=O) groups excluding carboxylic acids is 2. The third kappa shape index (κ3) is 6.22. The molecule has 0 saturated carbocycles. The Labute approximate surface area is 138 Å². The SMILES string of the molecule is COC(=O)NNC(=S)NC(=O)C=Cc1ccc(OC)c(OC)c1. The quantitative estimate of drug-likeness (QED) is 0.427. The molecule has 0 aliphatic heterocycles. The van der Waals surface area contributed by atoms with Gasteiger partial charge in [0.2, 0.25) is 5.91 Å². The van der Waals surface area contributed by atoms with Gasteiger partial charge in [0.15, 0.2) is 16.6 Å². The molecule has 1 rings (SSSR count). The zero-order chi connectivity index (χ0) is 17.2. The highest BCUT2D eigenvalue weighted by Crippen LogP contribution is 2.27. The number of carbonyl (C=O) groups is 2. The number of rotatable bonds is 4. The number of ether oxygens (including phenoxy) is 3. The van der Waals surface area contributed by atoms with Crippen molar-refractivity contribution in [3.05, 3.63) is 29.8 Å². The minimum atomic E-state index is -0.734. The smallest absolute Gasteiger partial charge is 0.425 e. The third-order valence-electron chi connectivity index (χ3n) is 2.53. The van der Waals surface area contributed by atoms with Gasteiger partial charge in [-0.05, 0) is 36.0 Å². The molecule has 9 heteroatoms. The summed E-state index contributed by atoms with van der Waals surface area (Å²) in [6.45, 7) is 0. The van der Waals surface area contributed by atoms with Gasteiger partial charge in [0.25, 0.3) is 0 Å². The lowest BCUT2D eigenvalue weighted by molar-refractivity contribution is -0.115. The van der Waals surface area contributed by atoms with Crippen molar-refractivity contribution in [3.63, 3.8) is 0 Å². The Morgan fingerprint density at radius 1 is 1.09 bits per heavy atom. The summed E-state index contributed by atoms with van der Waals surface area (Å²) < 4.78 is 14.6. The molecule has 0 unspecified atom stereocenters. The van der Waals surface area contributed by atoms with Crippen LogP contribution in [0.2, 0.25) is 0 Å². The second-order valence-corrected chi connectivity index (χ2v) is 4.42. The van der Waals surface area contributed by atoms with Crippen LogP contribution in [0, 0.1) is 0 Å². The van der Waals surface area contributed by atoms with Crippen LogP contribution in [0.15, 0.2) is 24.3 Å². The van der Waals surface area contributed by atoms with E-state index in [1.165, 1.54) is 27.4 Å². The van der Waals surface area contributed by atoms with Crippen LogP contribution in [0.1, 0.15) is 5.56 Å². The van der Waals surface area contributed by atoms with Crippen molar-refractivity contribution < 1.29 is 23.8 Å². The van der Waals surface area contributed by atoms with E-state index >= 15 is 0 Å². The van der Waals surface area contributed by atoms with Gasteiger partial charge in [0.05, 0.1) is 21.3 Å². The summed E-state index contributed by atoms with van der Waals surface area (Å²) in [6, 6.07) is 5.21. The fraction of sp³-hybridized carbons (Fsp3) is 0.214. The first-order chi connectivity index (χ1) is 11.0. The molecular formula is C14H17N3O5S. The molecule has 0 fully saturated rings. The van der Waals surface area contributed by atoms with E-state index in [1.807, 2.05) is 0 Å². The van der Waals surface area contributed by atoms with E-state index in [1.54, 1.807) is 24.3 Å². The molecule has 2 amide bonds. The second kappa shape index (κ2) is 9.26. The number of thiocarbonyl (C=S) groups is 1. The summed E-state index contributed by atoms with van der Waals surface area (Å²) in [5.74, 6) is 0.673. The molecule has 0 heterocycles. The summed E-state index contributed by atoms with van der Waals surface area (Å²) in [6.07, 6.45) is 2.13. The molecule has 0 spiro atoms. The van der Waals surface area contributed by atoms with Crippen LogP contribution in [0.25, 0.3) is 6.08 Å². The van der Waals surface area contributed by atoms with Crippen molar-refractivity contribution in [2.24, 2.45) is 0 Å². The van der Waals surface area contributed by atoms with Gasteiger partial charge in [-0.25, -0.2) is 10.2 Å². The Hall–Kier alpha value is -2.81. The molecule has 1 aromatic carbocycles. The minimum absolute atomic E-state index is 0.0719. The molecule has 0 saturated heterocycles. The Balaban J connectivity index is 2.58. The van der Waals surface area contributed by atoms with E-state index in [4.69, 9.17) is 21.7 Å². The maximum atomic E-state index is 11.7. The zero-order valence-electron chi connectivity index (χ0n) is 12.8. The van der Waals surface area contributed by atoms with Gasteiger partial charge in [0.1, 0.15) is 0 Å². The zero-order valence-corrected chi connectivity index (χ0v) is 13.7. The molecule has 124 valence electrons. The summed E-state index contributed by atoms with van der Waals surface area (Å²) in [7, 11) is 4.26. The number of hydrogen-bond donors (Lipinski definition) is 3. The lowest BCUT2D eigenvalue weighted by Gasteiger charge is -2.08. The van der Waals surface area contributed by atoms with E-state index in [9.17, 15) is 9.59 Å². The van der Waals surface area contributed by atoms with Crippen LogP contribution in [0.3, 0.4) is 0 Å². The average molecular weight is 339 g/mol. The van der Waals surface area contributed by atoms with E-state index in [-0.39, 0.29) is 5.11 Å². The first-order valence-corrected chi connectivity index (χ1v) is 6.76. The summed E-state index contributed by atoms with van der Waals surface area (Å²) in [4.78, 5) is 22.5. The van der Waals surface area contributed by atoms with Crippen molar-refractivity contribution in [1.82, 2.24) is 16.2 Å². The molecule has 0 aliphatic rings. The number of benzene rings is 1. The molecule has 1 aromatic rings. The van der Waals surface area contributed by atoms with Gasteiger partial charge in [-0.1, -0.05) is 6.07 Å². The summed E-state index contributed by atoms with van der Waals surface area (Å²) in [5.41, 5.74) is 5.16. The number of nitrogens with one attached hydrogen (secondary N) is 3. The van der Waals surface area contributed by atoms with Crippen LogP contribution in [-0.2, 0) is 9.53 Å². The van der Waals surface area contributed by atoms with E-state index in [0.717, 1.165) is 5.56 Å². The molecule has 0 bridgehead atoms. The van der Waals surface area contributed by atoms with Gasteiger partial charge >= 0.3 is 6.09 Å². The van der Waals surface area contributed by atoms with Crippen LogP contribution in [0.5, 0.6) is 11.5 Å². The minimum Gasteiger partial charge on any atom is -0.493 e. The third-order valence-corrected chi connectivity index (χ3v) is 2.74. The van der Waals surface area contributed by atoms with Gasteiger partial charge in [0, 0.05) is 6.08 Å². The highest BCUT2D eigenvalue weighted by Gasteiger charge is 2.05. The first-order valence-electron chi connectivity index (χ1n) is 6.35. The van der Waals surface area contributed by atoms with Crippen molar-refractivity contribution in [2.75, 3.05) is 21.3 Å². The fourth-order valence-electron chi connectivity index (χ4n) is 1.47. The Morgan fingerprint density at radius 3 is 2.39 bits per heavy atom. The molecule has 0 aliphatic carbocycles. The topological polar surface area (TPSA) is 97.9 Å².